The molecule has 0 bridgehead atoms. The third-order valence-electron chi connectivity index (χ3n) is 2.49. The van der Waals surface area contributed by atoms with Crippen molar-refractivity contribution in [3.8, 4) is 5.75 Å². The largest absolute Gasteiger partial charge is 0.494 e. The third-order valence-corrected chi connectivity index (χ3v) is 2.49. The van der Waals surface area contributed by atoms with Crippen LogP contribution in [0.2, 0.25) is 0 Å². The number of hydrogen-bond donors (Lipinski definition) is 0. The van der Waals surface area contributed by atoms with E-state index in [4.69, 9.17) is 9.47 Å². The van der Waals surface area contributed by atoms with Gasteiger partial charge in [-0.25, -0.2) is 9.59 Å². The Morgan fingerprint density at radius 1 is 1.15 bits per heavy atom. The van der Waals surface area contributed by atoms with Gasteiger partial charge in [-0.3, -0.25) is 0 Å². The lowest BCUT2D eigenvalue weighted by molar-refractivity contribution is -0.137. The fourth-order valence-electron chi connectivity index (χ4n) is 1.43. The van der Waals surface area contributed by atoms with Crippen LogP contribution in [-0.4, -0.2) is 32.3 Å². The van der Waals surface area contributed by atoms with Crippen molar-refractivity contribution in [3.05, 3.63) is 42.5 Å². The Balaban J connectivity index is 2.20. The van der Waals surface area contributed by atoms with Gasteiger partial charge in [0.15, 0.2) is 0 Å². The SMILES string of the molecule is C=CC(=O)OCCCCOc1ccc(C(=O)OC)cc1. The maximum atomic E-state index is 11.2. The lowest BCUT2D eigenvalue weighted by Gasteiger charge is -2.07. The van der Waals surface area contributed by atoms with Crippen molar-refractivity contribution in [2.24, 2.45) is 0 Å². The smallest absolute Gasteiger partial charge is 0.337 e. The Bertz CT molecular complexity index is 450. The van der Waals surface area contributed by atoms with Crippen LogP contribution < -0.4 is 4.74 Å². The second-order valence-corrected chi connectivity index (χ2v) is 3.94. The molecule has 0 aliphatic carbocycles. The lowest BCUT2D eigenvalue weighted by atomic mass is 10.2. The van der Waals surface area contributed by atoms with Crippen LogP contribution in [0.4, 0.5) is 0 Å². The first-order valence-electron chi connectivity index (χ1n) is 6.27. The Hall–Kier alpha value is -2.30. The van der Waals surface area contributed by atoms with Crippen LogP contribution in [0.1, 0.15) is 23.2 Å². The first-order valence-corrected chi connectivity index (χ1v) is 6.27. The van der Waals surface area contributed by atoms with Gasteiger partial charge < -0.3 is 14.2 Å². The predicted molar refractivity (Wildman–Crippen MR) is 73.7 cm³/mol. The van der Waals surface area contributed by atoms with E-state index in [1.165, 1.54) is 7.11 Å². The molecule has 1 rings (SSSR count). The van der Waals surface area contributed by atoms with E-state index in [0.29, 0.717) is 24.5 Å². The van der Waals surface area contributed by atoms with Gasteiger partial charge in [-0.05, 0) is 37.1 Å². The Morgan fingerprint density at radius 2 is 1.80 bits per heavy atom. The summed E-state index contributed by atoms with van der Waals surface area (Å²) in [5.41, 5.74) is 0.483. The number of carbonyl (C=O) groups is 2. The van der Waals surface area contributed by atoms with E-state index in [0.717, 1.165) is 18.9 Å². The molecule has 0 aliphatic heterocycles. The van der Waals surface area contributed by atoms with E-state index < -0.39 is 5.97 Å². The monoisotopic (exact) mass is 278 g/mol. The highest BCUT2D eigenvalue weighted by atomic mass is 16.5. The van der Waals surface area contributed by atoms with Crippen LogP contribution in [0.25, 0.3) is 0 Å². The number of ether oxygens (including phenoxy) is 3. The highest BCUT2D eigenvalue weighted by molar-refractivity contribution is 5.89. The van der Waals surface area contributed by atoms with Gasteiger partial charge in [0.25, 0.3) is 0 Å². The number of rotatable bonds is 8. The third kappa shape index (κ3) is 5.56. The number of hydrogen-bond acceptors (Lipinski definition) is 5. The normalized spacial score (nSPS) is 9.65. The summed E-state index contributed by atoms with van der Waals surface area (Å²) in [6, 6.07) is 6.72. The van der Waals surface area contributed by atoms with Gasteiger partial charge in [0.05, 0.1) is 25.9 Å². The molecule has 0 atom stereocenters. The van der Waals surface area contributed by atoms with Crippen molar-refractivity contribution in [2.45, 2.75) is 12.8 Å². The minimum absolute atomic E-state index is 0.357. The summed E-state index contributed by atoms with van der Waals surface area (Å²) in [7, 11) is 1.34. The van der Waals surface area contributed by atoms with Crippen molar-refractivity contribution in [3.63, 3.8) is 0 Å². The van der Waals surface area contributed by atoms with Gasteiger partial charge in [0.2, 0.25) is 0 Å². The van der Waals surface area contributed by atoms with Gasteiger partial charge in [-0.1, -0.05) is 6.58 Å². The molecule has 0 fully saturated rings. The van der Waals surface area contributed by atoms with Crippen LogP contribution in [0.3, 0.4) is 0 Å². The molecular formula is C15H18O5. The fourth-order valence-corrected chi connectivity index (χ4v) is 1.43. The van der Waals surface area contributed by atoms with Crippen molar-refractivity contribution in [1.82, 2.24) is 0 Å². The molecule has 5 nitrogen and oxygen atoms in total. The van der Waals surface area contributed by atoms with E-state index >= 15 is 0 Å². The molecule has 1 aromatic rings. The zero-order valence-electron chi connectivity index (χ0n) is 11.5. The highest BCUT2D eigenvalue weighted by Gasteiger charge is 2.04. The van der Waals surface area contributed by atoms with Crippen LogP contribution in [0.5, 0.6) is 5.75 Å². The average molecular weight is 278 g/mol. The topological polar surface area (TPSA) is 61.8 Å². The molecule has 0 amide bonds. The summed E-state index contributed by atoms with van der Waals surface area (Å²) in [4.78, 5) is 22.0. The molecule has 0 spiro atoms. The average Bonchev–Trinajstić information content (AvgIpc) is 2.50. The fraction of sp³-hybridized carbons (Fsp3) is 0.333. The van der Waals surface area contributed by atoms with Crippen molar-refractivity contribution < 1.29 is 23.8 Å². The van der Waals surface area contributed by atoms with Crippen molar-refractivity contribution >= 4 is 11.9 Å². The van der Waals surface area contributed by atoms with Gasteiger partial charge >= 0.3 is 11.9 Å². The highest BCUT2D eigenvalue weighted by Crippen LogP contribution is 2.13. The second kappa shape index (κ2) is 8.74. The molecule has 0 unspecified atom stereocenters. The molecule has 0 N–H and O–H groups in total. The van der Waals surface area contributed by atoms with E-state index in [1.54, 1.807) is 24.3 Å². The minimum atomic E-state index is -0.413. The van der Waals surface area contributed by atoms with Crippen LogP contribution >= 0.6 is 0 Å². The van der Waals surface area contributed by atoms with Crippen LogP contribution in [0.15, 0.2) is 36.9 Å². The van der Waals surface area contributed by atoms with Gasteiger partial charge in [0, 0.05) is 6.08 Å². The summed E-state index contributed by atoms with van der Waals surface area (Å²) < 4.78 is 14.9. The number of esters is 2. The van der Waals surface area contributed by atoms with Gasteiger partial charge in [0.1, 0.15) is 5.75 Å². The molecule has 5 heteroatoms. The summed E-state index contributed by atoms with van der Waals surface area (Å²) >= 11 is 0. The van der Waals surface area contributed by atoms with E-state index in [2.05, 4.69) is 11.3 Å². The molecule has 0 heterocycles. The zero-order chi connectivity index (χ0) is 14.8. The molecule has 20 heavy (non-hydrogen) atoms. The number of carbonyl (C=O) groups excluding carboxylic acids is 2. The Kier molecular flexibility index (Phi) is 6.89. The van der Waals surface area contributed by atoms with E-state index in [9.17, 15) is 9.59 Å². The predicted octanol–water partition coefficient (Wildman–Crippen LogP) is 2.36. The molecular weight excluding hydrogens is 260 g/mol. The maximum Gasteiger partial charge on any atom is 0.337 e. The molecule has 0 saturated heterocycles. The number of methoxy groups -OCH3 is 1. The van der Waals surface area contributed by atoms with E-state index in [1.807, 2.05) is 0 Å². The Morgan fingerprint density at radius 3 is 2.40 bits per heavy atom. The second-order valence-electron chi connectivity index (χ2n) is 3.94. The van der Waals surface area contributed by atoms with Crippen molar-refractivity contribution in [2.75, 3.05) is 20.3 Å². The summed E-state index contributed by atoms with van der Waals surface area (Å²) in [6.07, 6.45) is 2.63. The zero-order valence-corrected chi connectivity index (χ0v) is 11.5. The molecule has 0 radical (unpaired) electrons. The molecule has 0 aromatic heterocycles. The number of unbranched alkanes of at least 4 members (excludes halogenated alkanes) is 1. The van der Waals surface area contributed by atoms with Gasteiger partial charge in [-0.2, -0.15) is 0 Å². The maximum absolute atomic E-state index is 11.2. The molecule has 0 aliphatic rings. The molecule has 108 valence electrons. The summed E-state index contributed by atoms with van der Waals surface area (Å²) in [6.45, 7) is 4.18. The van der Waals surface area contributed by atoms with Crippen LogP contribution in [-0.2, 0) is 14.3 Å². The first kappa shape index (κ1) is 15.8. The molecule has 0 saturated carbocycles. The van der Waals surface area contributed by atoms with Crippen LogP contribution in [0, 0.1) is 0 Å². The van der Waals surface area contributed by atoms with Gasteiger partial charge in [-0.15, -0.1) is 0 Å². The first-order chi connectivity index (χ1) is 9.67. The summed E-state index contributed by atoms with van der Waals surface area (Å²) in [5.74, 6) is -0.106. The summed E-state index contributed by atoms with van der Waals surface area (Å²) in [5, 5.41) is 0. The number of benzene rings is 1. The lowest BCUT2D eigenvalue weighted by Crippen LogP contribution is -2.05. The quantitative estimate of drug-likeness (QED) is 0.415. The molecule has 1 aromatic carbocycles. The standard InChI is InChI=1S/C15H18O5/c1-3-14(16)20-11-5-4-10-19-13-8-6-12(7-9-13)15(17)18-2/h3,6-9H,1,4-5,10-11H2,2H3. The Labute approximate surface area is 118 Å². The minimum Gasteiger partial charge on any atom is -0.494 e. The van der Waals surface area contributed by atoms with E-state index in [-0.39, 0.29) is 5.97 Å². The van der Waals surface area contributed by atoms with Crippen molar-refractivity contribution in [1.29, 1.82) is 0 Å².